The van der Waals surface area contributed by atoms with E-state index >= 15 is 0 Å². The van der Waals surface area contributed by atoms with E-state index in [0.29, 0.717) is 37.0 Å². The smallest absolute Gasteiger partial charge is 0.412 e. The van der Waals surface area contributed by atoms with E-state index in [-0.39, 0.29) is 25.1 Å². The lowest BCUT2D eigenvalue weighted by atomic mass is 10.2. The molecule has 2 heterocycles. The Bertz CT molecular complexity index is 1190. The molecule has 1 aromatic heterocycles. The Kier molecular flexibility index (Phi) is 10.1. The highest BCUT2D eigenvalue weighted by Crippen LogP contribution is 2.16. The molecule has 3 aromatic rings. The SMILES string of the molecule is O=C(CNCc1ccccc1Cl)N[C@@H](CCN1CCOCC1)COC(=O)Nc1cc2ccccc2cn1. The molecule has 10 heteroatoms. The number of halogens is 1. The lowest BCUT2D eigenvalue weighted by Gasteiger charge is -2.28. The van der Waals surface area contributed by atoms with Crippen LogP contribution in [0, 0.1) is 0 Å². The number of hydrogen-bond acceptors (Lipinski definition) is 7. The first-order valence-corrected chi connectivity index (χ1v) is 12.8. The summed E-state index contributed by atoms with van der Waals surface area (Å²) < 4.78 is 10.9. The number of benzene rings is 2. The first-order chi connectivity index (χ1) is 18.1. The fourth-order valence-electron chi connectivity index (χ4n) is 4.06. The Morgan fingerprint density at radius 3 is 2.65 bits per heavy atom. The van der Waals surface area contributed by atoms with Gasteiger partial charge in [-0.25, -0.2) is 9.78 Å². The molecule has 196 valence electrons. The predicted molar refractivity (Wildman–Crippen MR) is 144 cm³/mol. The van der Waals surface area contributed by atoms with Gasteiger partial charge in [0.1, 0.15) is 12.4 Å². The zero-order valence-electron chi connectivity index (χ0n) is 20.6. The van der Waals surface area contributed by atoms with E-state index in [4.69, 9.17) is 21.1 Å². The molecular weight excluding hydrogens is 494 g/mol. The molecule has 37 heavy (non-hydrogen) atoms. The van der Waals surface area contributed by atoms with Gasteiger partial charge in [0.25, 0.3) is 0 Å². The number of rotatable bonds is 11. The van der Waals surface area contributed by atoms with Gasteiger partial charge >= 0.3 is 6.09 Å². The van der Waals surface area contributed by atoms with Crippen LogP contribution in [0.15, 0.2) is 60.8 Å². The molecule has 0 aliphatic carbocycles. The number of carbonyl (C=O) groups is 2. The van der Waals surface area contributed by atoms with Gasteiger partial charge in [0.2, 0.25) is 5.91 Å². The van der Waals surface area contributed by atoms with Crippen LogP contribution in [0.4, 0.5) is 10.6 Å². The molecule has 2 aromatic carbocycles. The molecule has 2 amide bonds. The normalized spacial score (nSPS) is 14.7. The van der Waals surface area contributed by atoms with Gasteiger partial charge in [0.05, 0.1) is 25.8 Å². The van der Waals surface area contributed by atoms with Crippen molar-refractivity contribution in [2.24, 2.45) is 0 Å². The van der Waals surface area contributed by atoms with Crippen molar-refractivity contribution in [1.82, 2.24) is 20.5 Å². The minimum atomic E-state index is -0.620. The van der Waals surface area contributed by atoms with Crippen molar-refractivity contribution in [3.8, 4) is 0 Å². The molecule has 3 N–H and O–H groups in total. The maximum Gasteiger partial charge on any atom is 0.412 e. The van der Waals surface area contributed by atoms with Crippen LogP contribution >= 0.6 is 11.6 Å². The highest BCUT2D eigenvalue weighted by atomic mass is 35.5. The summed E-state index contributed by atoms with van der Waals surface area (Å²) in [5.41, 5.74) is 0.920. The van der Waals surface area contributed by atoms with Gasteiger partial charge in [-0.2, -0.15) is 0 Å². The summed E-state index contributed by atoms with van der Waals surface area (Å²) in [4.78, 5) is 31.6. The van der Waals surface area contributed by atoms with Crippen molar-refractivity contribution >= 4 is 40.2 Å². The zero-order valence-corrected chi connectivity index (χ0v) is 21.4. The van der Waals surface area contributed by atoms with Crippen LogP contribution < -0.4 is 16.0 Å². The van der Waals surface area contributed by atoms with E-state index in [2.05, 4.69) is 25.8 Å². The number of nitrogens with zero attached hydrogens (tertiary/aromatic N) is 2. The zero-order chi connectivity index (χ0) is 25.9. The Morgan fingerprint density at radius 1 is 1.08 bits per heavy atom. The van der Waals surface area contributed by atoms with Gasteiger partial charge in [-0.05, 0) is 29.5 Å². The van der Waals surface area contributed by atoms with E-state index < -0.39 is 6.09 Å². The average Bonchev–Trinajstić information content (AvgIpc) is 2.92. The number of hydrogen-bond donors (Lipinski definition) is 3. The van der Waals surface area contributed by atoms with E-state index in [0.717, 1.165) is 36.0 Å². The van der Waals surface area contributed by atoms with Crippen LogP contribution in [0.2, 0.25) is 5.02 Å². The van der Waals surface area contributed by atoms with Gasteiger partial charge in [0.15, 0.2) is 0 Å². The molecule has 4 rings (SSSR count). The van der Waals surface area contributed by atoms with E-state index in [1.807, 2.05) is 48.5 Å². The molecule has 0 radical (unpaired) electrons. The topological polar surface area (TPSA) is 105 Å². The van der Waals surface area contributed by atoms with Gasteiger partial charge in [-0.15, -0.1) is 0 Å². The second-order valence-electron chi connectivity index (χ2n) is 8.84. The summed E-state index contributed by atoms with van der Waals surface area (Å²) in [6.45, 7) is 4.47. The summed E-state index contributed by atoms with van der Waals surface area (Å²) in [7, 11) is 0. The standard InChI is InChI=1S/C27H32ClN5O4/c28-24-8-4-3-7-22(24)16-29-18-26(34)31-23(9-10-33-11-13-36-14-12-33)19-37-27(35)32-25-15-20-5-1-2-6-21(20)17-30-25/h1-8,15,17,23,29H,9-14,16,18-19H2,(H,31,34)(H,30,32,35)/t23-/m0/s1. The number of anilines is 1. The third-order valence-corrected chi connectivity index (χ3v) is 6.47. The number of pyridine rings is 1. The number of amides is 2. The number of aromatic nitrogens is 1. The van der Waals surface area contributed by atoms with Crippen molar-refractivity contribution < 1.29 is 19.1 Å². The first-order valence-electron chi connectivity index (χ1n) is 12.4. The molecule has 1 aliphatic heterocycles. The first kappa shape index (κ1) is 26.8. The lowest BCUT2D eigenvalue weighted by molar-refractivity contribution is -0.121. The van der Waals surface area contributed by atoms with Crippen LogP contribution in [0.25, 0.3) is 10.8 Å². The van der Waals surface area contributed by atoms with E-state index in [1.165, 1.54) is 0 Å². The molecule has 9 nitrogen and oxygen atoms in total. The highest BCUT2D eigenvalue weighted by molar-refractivity contribution is 6.31. The minimum absolute atomic E-state index is 0.0417. The monoisotopic (exact) mass is 525 g/mol. The Hall–Kier alpha value is -3.24. The minimum Gasteiger partial charge on any atom is -0.447 e. The summed E-state index contributed by atoms with van der Waals surface area (Å²) in [6, 6.07) is 16.7. The molecule has 0 bridgehead atoms. The average molecular weight is 526 g/mol. The van der Waals surface area contributed by atoms with Gasteiger partial charge in [0, 0.05) is 42.8 Å². The van der Waals surface area contributed by atoms with Gasteiger partial charge < -0.3 is 20.1 Å². The van der Waals surface area contributed by atoms with E-state index in [9.17, 15) is 9.59 Å². The van der Waals surface area contributed by atoms with Crippen LogP contribution in [0.1, 0.15) is 12.0 Å². The molecule has 1 aliphatic rings. The number of morpholine rings is 1. The molecule has 1 fully saturated rings. The molecule has 1 atom stereocenters. The molecule has 0 saturated carbocycles. The quantitative estimate of drug-likeness (QED) is 0.352. The molecular formula is C27H32ClN5O4. The van der Waals surface area contributed by atoms with Crippen molar-refractivity contribution in [3.63, 3.8) is 0 Å². The maximum atomic E-state index is 12.6. The molecule has 1 saturated heterocycles. The maximum absolute atomic E-state index is 12.6. The van der Waals surface area contributed by atoms with Crippen LogP contribution in [-0.4, -0.2) is 73.9 Å². The van der Waals surface area contributed by atoms with Crippen molar-refractivity contribution in [3.05, 3.63) is 71.4 Å². The second-order valence-corrected chi connectivity index (χ2v) is 9.25. The number of carbonyl (C=O) groups excluding carboxylic acids is 2. The molecule has 0 unspecified atom stereocenters. The van der Waals surface area contributed by atoms with Crippen molar-refractivity contribution in [2.75, 3.05) is 51.3 Å². The Balaban J connectivity index is 1.27. The highest BCUT2D eigenvalue weighted by Gasteiger charge is 2.18. The fraction of sp³-hybridized carbons (Fsp3) is 0.370. The second kappa shape index (κ2) is 13.9. The van der Waals surface area contributed by atoms with Crippen LogP contribution in [0.5, 0.6) is 0 Å². The summed E-state index contributed by atoms with van der Waals surface area (Å²) in [5.74, 6) is 0.223. The molecule has 0 spiro atoms. The largest absolute Gasteiger partial charge is 0.447 e. The summed E-state index contributed by atoms with van der Waals surface area (Å²) in [6.07, 6.45) is 1.72. The Labute approximate surface area is 221 Å². The fourth-order valence-corrected chi connectivity index (χ4v) is 4.26. The predicted octanol–water partition coefficient (Wildman–Crippen LogP) is 3.43. The van der Waals surface area contributed by atoms with Crippen LogP contribution in [0.3, 0.4) is 0 Å². The summed E-state index contributed by atoms with van der Waals surface area (Å²) in [5, 5.41) is 11.4. The van der Waals surface area contributed by atoms with E-state index in [1.54, 1.807) is 12.3 Å². The van der Waals surface area contributed by atoms with Crippen molar-refractivity contribution in [2.45, 2.75) is 19.0 Å². The summed E-state index contributed by atoms with van der Waals surface area (Å²) >= 11 is 6.18. The van der Waals surface area contributed by atoms with Gasteiger partial charge in [-0.3, -0.25) is 15.0 Å². The Morgan fingerprint density at radius 2 is 1.84 bits per heavy atom. The van der Waals surface area contributed by atoms with Gasteiger partial charge in [-0.1, -0.05) is 54.1 Å². The van der Waals surface area contributed by atoms with Crippen LogP contribution in [-0.2, 0) is 20.8 Å². The number of nitrogens with one attached hydrogen (secondary N) is 3. The third-order valence-electron chi connectivity index (χ3n) is 6.10. The number of fused-ring (bicyclic) bond motifs is 1. The number of ether oxygens (including phenoxy) is 2. The van der Waals surface area contributed by atoms with Crippen molar-refractivity contribution in [1.29, 1.82) is 0 Å². The third kappa shape index (κ3) is 8.68. The lowest BCUT2D eigenvalue weighted by Crippen LogP contribution is -2.46.